The fourth-order valence-corrected chi connectivity index (χ4v) is 3.32. The van der Waals surface area contributed by atoms with Crippen LogP contribution in [0.2, 0.25) is 10.0 Å². The third-order valence-corrected chi connectivity index (χ3v) is 5.14. The number of carbonyl (C=O) groups excluding carboxylic acids is 2. The van der Waals surface area contributed by atoms with Crippen molar-refractivity contribution in [2.75, 3.05) is 20.3 Å². The first-order valence-corrected chi connectivity index (χ1v) is 11.7. The van der Waals surface area contributed by atoms with E-state index in [1.54, 1.807) is 54.6 Å². The van der Waals surface area contributed by atoms with Gasteiger partial charge in [0.15, 0.2) is 18.1 Å². The molecule has 1 amide bonds. The Morgan fingerprint density at radius 3 is 2.39 bits per heavy atom. The molecule has 0 aromatic heterocycles. The second kappa shape index (κ2) is 13.4. The monoisotopic (exact) mass is 530 g/mol. The Morgan fingerprint density at radius 2 is 1.69 bits per heavy atom. The number of hydrogen-bond acceptors (Lipinski definition) is 7. The van der Waals surface area contributed by atoms with Crippen molar-refractivity contribution in [3.8, 4) is 23.0 Å². The van der Waals surface area contributed by atoms with Gasteiger partial charge in [-0.15, -0.1) is 0 Å². The van der Waals surface area contributed by atoms with Crippen LogP contribution in [0.4, 0.5) is 0 Å². The summed E-state index contributed by atoms with van der Waals surface area (Å²) in [4.78, 5) is 24.5. The van der Waals surface area contributed by atoms with Gasteiger partial charge in [-0.1, -0.05) is 30.1 Å². The zero-order valence-electron chi connectivity index (χ0n) is 19.6. The molecule has 0 saturated carbocycles. The number of esters is 1. The Kier molecular flexibility index (Phi) is 9.97. The molecule has 0 spiro atoms. The standard InChI is InChI=1S/C26H24Cl2N2O6/c1-3-12-34-20-8-5-18(6-9-20)26(32)36-23-10-4-17(13-24(23)33-2)15-29-30-25(31)16-35-22-11-7-19(27)14-21(22)28/h4-11,13-15H,3,12,16H2,1-2H3,(H,30,31). The van der Waals surface area contributed by atoms with Crippen LogP contribution in [0.15, 0.2) is 65.8 Å². The van der Waals surface area contributed by atoms with Gasteiger partial charge >= 0.3 is 5.97 Å². The highest BCUT2D eigenvalue weighted by Crippen LogP contribution is 2.29. The van der Waals surface area contributed by atoms with E-state index in [9.17, 15) is 9.59 Å². The summed E-state index contributed by atoms with van der Waals surface area (Å²) in [6, 6.07) is 16.2. The highest BCUT2D eigenvalue weighted by Gasteiger charge is 2.13. The van der Waals surface area contributed by atoms with Gasteiger partial charge in [0.05, 0.1) is 30.5 Å². The molecule has 0 unspecified atom stereocenters. The molecular formula is C26H24Cl2N2O6. The van der Waals surface area contributed by atoms with Crippen molar-refractivity contribution >= 4 is 41.3 Å². The number of nitrogens with one attached hydrogen (secondary N) is 1. The Balaban J connectivity index is 1.55. The Labute approximate surface area is 218 Å². The van der Waals surface area contributed by atoms with Gasteiger partial charge < -0.3 is 18.9 Å². The summed E-state index contributed by atoms with van der Waals surface area (Å²) >= 11 is 11.8. The largest absolute Gasteiger partial charge is 0.494 e. The van der Waals surface area contributed by atoms with E-state index >= 15 is 0 Å². The molecule has 3 rings (SSSR count). The number of hydrogen-bond donors (Lipinski definition) is 1. The number of benzene rings is 3. The van der Waals surface area contributed by atoms with Gasteiger partial charge in [0.1, 0.15) is 11.5 Å². The van der Waals surface area contributed by atoms with E-state index < -0.39 is 11.9 Å². The summed E-state index contributed by atoms with van der Waals surface area (Å²) in [5.41, 5.74) is 3.33. The molecule has 1 N–H and O–H groups in total. The first kappa shape index (κ1) is 26.8. The lowest BCUT2D eigenvalue weighted by molar-refractivity contribution is -0.123. The summed E-state index contributed by atoms with van der Waals surface area (Å²) in [6.45, 7) is 2.33. The summed E-state index contributed by atoms with van der Waals surface area (Å²) in [6.07, 6.45) is 2.31. The molecule has 0 aliphatic rings. The van der Waals surface area contributed by atoms with Crippen molar-refractivity contribution in [1.29, 1.82) is 0 Å². The van der Waals surface area contributed by atoms with Crippen molar-refractivity contribution < 1.29 is 28.5 Å². The van der Waals surface area contributed by atoms with E-state index in [4.69, 9.17) is 42.1 Å². The van der Waals surface area contributed by atoms with Crippen LogP contribution < -0.4 is 24.4 Å². The van der Waals surface area contributed by atoms with Gasteiger partial charge in [-0.2, -0.15) is 5.10 Å². The van der Waals surface area contributed by atoms with Crippen molar-refractivity contribution in [2.24, 2.45) is 5.10 Å². The maximum Gasteiger partial charge on any atom is 0.343 e. The molecule has 0 radical (unpaired) electrons. The SMILES string of the molecule is CCCOc1ccc(C(=O)Oc2ccc(C=NNC(=O)COc3ccc(Cl)cc3Cl)cc2OC)cc1. The fraction of sp³-hybridized carbons (Fsp3) is 0.192. The smallest absolute Gasteiger partial charge is 0.343 e. The van der Waals surface area contributed by atoms with Crippen molar-refractivity contribution in [3.63, 3.8) is 0 Å². The highest BCUT2D eigenvalue weighted by atomic mass is 35.5. The number of hydrazone groups is 1. The molecule has 0 aliphatic heterocycles. The number of methoxy groups -OCH3 is 1. The van der Waals surface area contributed by atoms with Gasteiger partial charge in [-0.05, 0) is 72.6 Å². The average molecular weight is 531 g/mol. The van der Waals surface area contributed by atoms with Crippen LogP contribution in [-0.2, 0) is 4.79 Å². The zero-order chi connectivity index (χ0) is 25.9. The van der Waals surface area contributed by atoms with Crippen LogP contribution in [0, 0.1) is 0 Å². The summed E-state index contributed by atoms with van der Waals surface area (Å²) in [7, 11) is 1.45. The van der Waals surface area contributed by atoms with Crippen LogP contribution in [-0.4, -0.2) is 38.4 Å². The van der Waals surface area contributed by atoms with Gasteiger partial charge in [0.25, 0.3) is 5.91 Å². The highest BCUT2D eigenvalue weighted by molar-refractivity contribution is 6.35. The van der Waals surface area contributed by atoms with Crippen molar-refractivity contribution in [3.05, 3.63) is 81.8 Å². The lowest BCUT2D eigenvalue weighted by atomic mass is 10.2. The van der Waals surface area contributed by atoms with Gasteiger partial charge in [0, 0.05) is 5.02 Å². The third kappa shape index (κ3) is 7.90. The molecule has 8 nitrogen and oxygen atoms in total. The summed E-state index contributed by atoms with van der Waals surface area (Å²) in [5, 5.41) is 4.66. The summed E-state index contributed by atoms with van der Waals surface area (Å²) in [5.74, 6) is 0.550. The van der Waals surface area contributed by atoms with Crippen LogP contribution in [0.3, 0.4) is 0 Å². The number of rotatable bonds is 11. The molecule has 0 fully saturated rings. The van der Waals surface area contributed by atoms with E-state index in [2.05, 4.69) is 10.5 Å². The van der Waals surface area contributed by atoms with Crippen molar-refractivity contribution in [2.45, 2.75) is 13.3 Å². The average Bonchev–Trinajstić information content (AvgIpc) is 2.88. The lowest BCUT2D eigenvalue weighted by Crippen LogP contribution is -2.24. The second-order valence-electron chi connectivity index (χ2n) is 7.33. The van der Waals surface area contributed by atoms with Crippen LogP contribution in [0.25, 0.3) is 0 Å². The molecule has 36 heavy (non-hydrogen) atoms. The Morgan fingerprint density at radius 1 is 0.944 bits per heavy atom. The predicted octanol–water partition coefficient (Wildman–Crippen LogP) is 5.54. The number of carbonyl (C=O) groups is 2. The Bertz CT molecular complexity index is 1230. The molecule has 0 saturated heterocycles. The van der Waals surface area contributed by atoms with Crippen LogP contribution in [0.5, 0.6) is 23.0 Å². The van der Waals surface area contributed by atoms with E-state index in [0.29, 0.717) is 45.0 Å². The predicted molar refractivity (Wildman–Crippen MR) is 138 cm³/mol. The molecule has 3 aromatic rings. The quantitative estimate of drug-likeness (QED) is 0.151. The molecule has 0 heterocycles. The van der Waals surface area contributed by atoms with Crippen LogP contribution in [0.1, 0.15) is 29.3 Å². The van der Waals surface area contributed by atoms with E-state index in [0.717, 1.165) is 6.42 Å². The maximum atomic E-state index is 12.5. The Hall–Kier alpha value is -3.75. The molecule has 0 atom stereocenters. The van der Waals surface area contributed by atoms with Crippen molar-refractivity contribution in [1.82, 2.24) is 5.43 Å². The lowest BCUT2D eigenvalue weighted by Gasteiger charge is -2.10. The van der Waals surface area contributed by atoms with Gasteiger partial charge in [-0.3, -0.25) is 4.79 Å². The minimum absolute atomic E-state index is 0.239. The molecule has 3 aromatic carbocycles. The number of halogens is 2. The molecule has 188 valence electrons. The van der Waals surface area contributed by atoms with E-state index in [1.807, 2.05) is 6.92 Å². The molecule has 0 aliphatic carbocycles. The molecule has 10 heteroatoms. The minimum Gasteiger partial charge on any atom is -0.494 e. The number of amides is 1. The fourth-order valence-electron chi connectivity index (χ4n) is 2.86. The zero-order valence-corrected chi connectivity index (χ0v) is 21.1. The van der Waals surface area contributed by atoms with E-state index in [-0.39, 0.29) is 12.4 Å². The number of ether oxygens (including phenoxy) is 4. The molecular weight excluding hydrogens is 507 g/mol. The first-order valence-electron chi connectivity index (χ1n) is 10.9. The normalized spacial score (nSPS) is 10.7. The number of nitrogens with zero attached hydrogens (tertiary/aromatic N) is 1. The third-order valence-electron chi connectivity index (χ3n) is 4.61. The van der Waals surface area contributed by atoms with Crippen LogP contribution >= 0.6 is 23.2 Å². The summed E-state index contributed by atoms with van der Waals surface area (Å²) < 4.78 is 21.7. The first-order chi connectivity index (χ1) is 17.4. The second-order valence-corrected chi connectivity index (χ2v) is 8.17. The molecule has 0 bridgehead atoms. The van der Waals surface area contributed by atoms with Gasteiger partial charge in [0.2, 0.25) is 0 Å². The minimum atomic E-state index is -0.537. The maximum absolute atomic E-state index is 12.5. The topological polar surface area (TPSA) is 95.5 Å². The van der Waals surface area contributed by atoms with E-state index in [1.165, 1.54) is 19.4 Å². The van der Waals surface area contributed by atoms with Gasteiger partial charge in [-0.25, -0.2) is 10.2 Å².